The molecular weight excluding hydrogens is 414 g/mol. The van der Waals surface area contributed by atoms with Crippen LogP contribution in [0.5, 0.6) is 5.75 Å². The van der Waals surface area contributed by atoms with E-state index in [1.54, 1.807) is 18.2 Å². The van der Waals surface area contributed by atoms with E-state index in [1.165, 1.54) is 0 Å². The lowest BCUT2D eigenvalue weighted by Gasteiger charge is -2.38. The number of rotatable bonds is 5. The fraction of sp³-hybridized carbons (Fsp3) is 0.417. The number of benzene rings is 2. The van der Waals surface area contributed by atoms with Gasteiger partial charge in [0.25, 0.3) is 5.91 Å². The van der Waals surface area contributed by atoms with Crippen molar-refractivity contribution in [3.63, 3.8) is 0 Å². The molecule has 2 amide bonds. The van der Waals surface area contributed by atoms with Crippen molar-refractivity contribution in [2.75, 3.05) is 43.0 Å². The predicted octanol–water partition coefficient (Wildman–Crippen LogP) is 4.36. The number of hydrogen-bond donors (Lipinski definition) is 1. The second-order valence-electron chi connectivity index (χ2n) is 8.82. The van der Waals surface area contributed by atoms with Gasteiger partial charge >= 0.3 is 0 Å². The van der Waals surface area contributed by atoms with Crippen LogP contribution >= 0.6 is 11.6 Å². The van der Waals surface area contributed by atoms with Crippen LogP contribution in [-0.2, 0) is 9.59 Å². The Bertz CT molecular complexity index is 930. The fourth-order valence-corrected chi connectivity index (χ4v) is 3.74. The van der Waals surface area contributed by atoms with Gasteiger partial charge < -0.3 is 19.9 Å². The van der Waals surface area contributed by atoms with Crippen LogP contribution in [0, 0.1) is 12.3 Å². The van der Waals surface area contributed by atoms with Crippen LogP contribution in [0.4, 0.5) is 11.4 Å². The van der Waals surface area contributed by atoms with Gasteiger partial charge in [-0.3, -0.25) is 9.59 Å². The Labute approximate surface area is 189 Å². The molecule has 0 radical (unpaired) electrons. The van der Waals surface area contributed by atoms with Gasteiger partial charge in [-0.15, -0.1) is 0 Å². The molecule has 1 saturated heterocycles. The summed E-state index contributed by atoms with van der Waals surface area (Å²) in [5.41, 5.74) is 2.33. The smallest absolute Gasteiger partial charge is 0.262 e. The number of halogens is 1. The van der Waals surface area contributed by atoms with Crippen molar-refractivity contribution in [3.05, 3.63) is 53.1 Å². The van der Waals surface area contributed by atoms with Crippen LogP contribution in [-0.4, -0.2) is 49.5 Å². The molecular formula is C24H30ClN3O3. The predicted molar refractivity (Wildman–Crippen MR) is 125 cm³/mol. The van der Waals surface area contributed by atoms with Gasteiger partial charge in [0.1, 0.15) is 5.75 Å². The van der Waals surface area contributed by atoms with E-state index in [9.17, 15) is 9.59 Å². The molecule has 0 bridgehead atoms. The van der Waals surface area contributed by atoms with Gasteiger partial charge in [-0.2, -0.15) is 0 Å². The van der Waals surface area contributed by atoms with Crippen molar-refractivity contribution in [1.82, 2.24) is 4.90 Å². The third-order valence-electron chi connectivity index (χ3n) is 5.22. The fourth-order valence-electron chi connectivity index (χ4n) is 3.51. The minimum Gasteiger partial charge on any atom is -0.483 e. The average molecular weight is 444 g/mol. The molecule has 1 heterocycles. The monoisotopic (exact) mass is 443 g/mol. The molecule has 166 valence electrons. The quantitative estimate of drug-likeness (QED) is 0.745. The zero-order valence-corrected chi connectivity index (χ0v) is 19.3. The molecule has 2 aromatic carbocycles. The summed E-state index contributed by atoms with van der Waals surface area (Å²) in [5.74, 6) is 0.608. The van der Waals surface area contributed by atoms with Crippen molar-refractivity contribution in [1.29, 1.82) is 0 Å². The summed E-state index contributed by atoms with van der Waals surface area (Å²) >= 11 is 5.94. The van der Waals surface area contributed by atoms with Gasteiger partial charge in [-0.1, -0.05) is 32.4 Å². The number of carbonyl (C=O) groups is 2. The first kappa shape index (κ1) is 22.9. The number of piperazine rings is 1. The highest BCUT2D eigenvalue weighted by Gasteiger charge is 2.29. The first-order valence-corrected chi connectivity index (χ1v) is 10.8. The van der Waals surface area contributed by atoms with E-state index in [0.717, 1.165) is 37.4 Å². The molecule has 0 saturated carbocycles. The van der Waals surface area contributed by atoms with E-state index in [1.807, 2.05) is 56.9 Å². The number of nitrogens with zero attached hydrogens (tertiary/aromatic N) is 2. The third-order valence-corrected chi connectivity index (χ3v) is 5.46. The van der Waals surface area contributed by atoms with E-state index in [4.69, 9.17) is 16.3 Å². The Hall–Kier alpha value is -2.73. The van der Waals surface area contributed by atoms with Gasteiger partial charge in [-0.05, 0) is 55.0 Å². The van der Waals surface area contributed by atoms with Crippen molar-refractivity contribution in [2.24, 2.45) is 5.41 Å². The molecule has 1 N–H and O–H groups in total. The molecule has 2 aromatic rings. The van der Waals surface area contributed by atoms with Crippen LogP contribution in [0.25, 0.3) is 0 Å². The SMILES string of the molecule is Cc1cc(Cl)ccc1OCC(=O)Nc1ccc(N2CCN(C(=O)C(C)(C)C)CC2)cc1. The van der Waals surface area contributed by atoms with Crippen LogP contribution in [0.15, 0.2) is 42.5 Å². The van der Waals surface area contributed by atoms with Crippen molar-refractivity contribution < 1.29 is 14.3 Å². The first-order valence-electron chi connectivity index (χ1n) is 10.5. The zero-order chi connectivity index (χ0) is 22.6. The molecule has 0 atom stereocenters. The Kier molecular flexibility index (Phi) is 7.11. The third kappa shape index (κ3) is 6.14. The van der Waals surface area contributed by atoms with Gasteiger partial charge in [0.15, 0.2) is 6.61 Å². The number of hydrogen-bond acceptors (Lipinski definition) is 4. The standard InChI is InChI=1S/C24H30ClN3O3/c1-17-15-18(25)5-10-21(17)31-16-22(29)26-19-6-8-20(9-7-19)27-11-13-28(14-12-27)23(30)24(2,3)4/h5-10,15H,11-14,16H2,1-4H3,(H,26,29). The second kappa shape index (κ2) is 9.60. The van der Waals surface area contributed by atoms with Gasteiger partial charge in [0, 0.05) is 48.0 Å². The lowest BCUT2D eigenvalue weighted by atomic mass is 9.94. The van der Waals surface area contributed by atoms with Crippen molar-refractivity contribution in [3.8, 4) is 5.75 Å². The Morgan fingerprint density at radius 1 is 1.03 bits per heavy atom. The molecule has 1 aliphatic heterocycles. The van der Waals surface area contributed by atoms with Crippen molar-refractivity contribution in [2.45, 2.75) is 27.7 Å². The Balaban J connectivity index is 1.49. The lowest BCUT2D eigenvalue weighted by Crippen LogP contribution is -2.51. The largest absolute Gasteiger partial charge is 0.483 e. The normalized spacial score (nSPS) is 14.4. The second-order valence-corrected chi connectivity index (χ2v) is 9.26. The maximum atomic E-state index is 12.4. The van der Waals surface area contributed by atoms with E-state index < -0.39 is 0 Å². The summed E-state index contributed by atoms with van der Waals surface area (Å²) in [7, 11) is 0. The molecule has 1 aliphatic rings. The molecule has 1 fully saturated rings. The van der Waals surface area contributed by atoms with Crippen LogP contribution in [0.2, 0.25) is 5.02 Å². The molecule has 6 nitrogen and oxygen atoms in total. The molecule has 0 spiro atoms. The van der Waals surface area contributed by atoms with Crippen LogP contribution < -0.4 is 15.0 Å². The minimum absolute atomic E-state index is 0.0754. The Morgan fingerprint density at radius 2 is 1.68 bits per heavy atom. The van der Waals surface area contributed by atoms with Gasteiger partial charge in [-0.25, -0.2) is 0 Å². The maximum absolute atomic E-state index is 12.4. The molecule has 31 heavy (non-hydrogen) atoms. The Morgan fingerprint density at radius 3 is 2.26 bits per heavy atom. The molecule has 0 aromatic heterocycles. The topological polar surface area (TPSA) is 61.9 Å². The summed E-state index contributed by atoms with van der Waals surface area (Å²) < 4.78 is 5.59. The summed E-state index contributed by atoms with van der Waals surface area (Å²) in [6.45, 7) is 10.7. The van der Waals surface area contributed by atoms with E-state index >= 15 is 0 Å². The van der Waals surface area contributed by atoms with E-state index in [-0.39, 0.29) is 23.8 Å². The van der Waals surface area contributed by atoms with Crippen LogP contribution in [0.3, 0.4) is 0 Å². The van der Waals surface area contributed by atoms with Gasteiger partial charge in [0.2, 0.25) is 5.91 Å². The van der Waals surface area contributed by atoms with Gasteiger partial charge in [0.05, 0.1) is 0 Å². The highest BCUT2D eigenvalue weighted by Crippen LogP contribution is 2.23. The number of carbonyl (C=O) groups excluding carboxylic acids is 2. The summed E-state index contributed by atoms with van der Waals surface area (Å²) in [6.07, 6.45) is 0. The highest BCUT2D eigenvalue weighted by molar-refractivity contribution is 6.30. The van der Waals surface area contributed by atoms with Crippen LogP contribution in [0.1, 0.15) is 26.3 Å². The molecule has 3 rings (SSSR count). The number of ether oxygens (including phenoxy) is 1. The summed E-state index contributed by atoms with van der Waals surface area (Å²) in [6, 6.07) is 13.0. The highest BCUT2D eigenvalue weighted by atomic mass is 35.5. The molecule has 0 aliphatic carbocycles. The van der Waals surface area contributed by atoms with E-state index in [0.29, 0.717) is 16.5 Å². The summed E-state index contributed by atoms with van der Waals surface area (Å²) in [4.78, 5) is 28.9. The number of nitrogens with one attached hydrogen (secondary N) is 1. The van der Waals surface area contributed by atoms with E-state index in [2.05, 4.69) is 10.2 Å². The molecule has 7 heteroatoms. The van der Waals surface area contributed by atoms with Crippen molar-refractivity contribution >= 4 is 34.8 Å². The summed E-state index contributed by atoms with van der Waals surface area (Å²) in [5, 5.41) is 3.49. The average Bonchev–Trinajstić information content (AvgIpc) is 2.72. The lowest BCUT2D eigenvalue weighted by molar-refractivity contribution is -0.139. The molecule has 0 unspecified atom stereocenters. The maximum Gasteiger partial charge on any atom is 0.262 e. The number of amides is 2. The zero-order valence-electron chi connectivity index (χ0n) is 18.6. The minimum atomic E-state index is -0.349. The number of anilines is 2. The first-order chi connectivity index (χ1) is 14.6. The number of aryl methyl sites for hydroxylation is 1.